The summed E-state index contributed by atoms with van der Waals surface area (Å²) in [5.74, 6) is -4.25. The van der Waals surface area contributed by atoms with E-state index in [1.54, 1.807) is 19.9 Å². The van der Waals surface area contributed by atoms with Crippen LogP contribution in [0.5, 0.6) is 0 Å². The number of H-pyrrole nitrogens is 1. The quantitative estimate of drug-likeness (QED) is 0.452. The molecule has 3 aromatic rings. The number of nitrogens with one attached hydrogen (secondary N) is 2. The van der Waals surface area contributed by atoms with Crippen LogP contribution in [0, 0.1) is 26.6 Å². The number of carbonyl (C=O) groups is 1. The van der Waals surface area contributed by atoms with Crippen LogP contribution in [-0.4, -0.2) is 29.7 Å². The number of carboxylic acid groups (broad SMARTS) is 1. The summed E-state index contributed by atoms with van der Waals surface area (Å²) in [4.78, 5) is 22.7. The Morgan fingerprint density at radius 3 is 2.48 bits per heavy atom. The van der Waals surface area contributed by atoms with E-state index in [2.05, 4.69) is 14.9 Å². The van der Waals surface area contributed by atoms with Crippen LogP contribution >= 0.6 is 11.6 Å². The Morgan fingerprint density at radius 1 is 1.24 bits per heavy atom. The van der Waals surface area contributed by atoms with Crippen LogP contribution in [0.15, 0.2) is 38.4 Å². The average molecular weight is 498 g/mol. The smallest absolute Gasteiger partial charge is 0.434 e. The Balaban J connectivity index is 2.17. The van der Waals surface area contributed by atoms with E-state index in [1.165, 1.54) is 19.9 Å². The van der Waals surface area contributed by atoms with Gasteiger partial charge in [-0.25, -0.2) is 27.5 Å². The third-order valence-electron chi connectivity index (χ3n) is 5.47. The molecule has 0 aliphatic carbocycles. The summed E-state index contributed by atoms with van der Waals surface area (Å²) < 4.78 is 48.8. The molecule has 0 saturated carbocycles. The minimum atomic E-state index is -4.53. The molecular formula is C21H21ClFN3O6S. The molecule has 0 aliphatic heterocycles. The zero-order valence-corrected chi connectivity index (χ0v) is 19.6. The summed E-state index contributed by atoms with van der Waals surface area (Å²) >= 11 is 5.98. The Morgan fingerprint density at radius 2 is 1.91 bits per heavy atom. The predicted octanol–water partition coefficient (Wildman–Crippen LogP) is 3.60. The van der Waals surface area contributed by atoms with Gasteiger partial charge in [0.2, 0.25) is 15.9 Å². The van der Waals surface area contributed by atoms with Gasteiger partial charge in [0, 0.05) is 10.9 Å². The van der Waals surface area contributed by atoms with Gasteiger partial charge >= 0.3 is 11.7 Å². The highest BCUT2D eigenvalue weighted by atomic mass is 35.5. The van der Waals surface area contributed by atoms with Crippen molar-refractivity contribution in [3.8, 4) is 0 Å². The number of hydrogen-bond acceptors (Lipinski definition) is 6. The number of halogens is 2. The van der Waals surface area contributed by atoms with E-state index in [0.717, 1.165) is 17.7 Å². The van der Waals surface area contributed by atoms with Crippen LogP contribution in [0.25, 0.3) is 0 Å². The molecule has 1 heterocycles. The number of nitrogens with zero attached hydrogens (tertiary/aromatic N) is 1. The summed E-state index contributed by atoms with van der Waals surface area (Å²) in [6, 6.07) is 3.65. The first kappa shape index (κ1) is 24.6. The minimum absolute atomic E-state index is 0.0759. The molecule has 33 heavy (non-hydrogen) atoms. The van der Waals surface area contributed by atoms with Crippen LogP contribution < -0.4 is 10.5 Å². The molecule has 12 heteroatoms. The number of carboxylic acids is 1. The van der Waals surface area contributed by atoms with Crippen LogP contribution in [0.1, 0.15) is 57.4 Å². The van der Waals surface area contributed by atoms with Crippen LogP contribution in [0.4, 0.5) is 4.39 Å². The van der Waals surface area contributed by atoms with Crippen molar-refractivity contribution in [2.24, 2.45) is 0 Å². The highest BCUT2D eigenvalue weighted by molar-refractivity contribution is 7.89. The van der Waals surface area contributed by atoms with Gasteiger partial charge in [-0.3, -0.25) is 0 Å². The molecule has 0 spiro atoms. The summed E-state index contributed by atoms with van der Waals surface area (Å²) in [6.07, 6.45) is 0. The number of hydrogen-bond donors (Lipinski definition) is 3. The highest BCUT2D eigenvalue weighted by Crippen LogP contribution is 2.36. The predicted molar refractivity (Wildman–Crippen MR) is 118 cm³/mol. The van der Waals surface area contributed by atoms with Gasteiger partial charge in [0.1, 0.15) is 11.9 Å². The van der Waals surface area contributed by atoms with E-state index >= 15 is 0 Å². The molecule has 176 valence electrons. The molecule has 3 N–H and O–H groups in total. The molecule has 0 aliphatic rings. The topological polar surface area (TPSA) is 142 Å². The minimum Gasteiger partial charge on any atom is -0.478 e. The van der Waals surface area contributed by atoms with Gasteiger partial charge in [0.15, 0.2) is 0 Å². The Hall–Kier alpha value is -3.02. The maximum absolute atomic E-state index is 14.8. The number of aromatic carboxylic acids is 1. The fourth-order valence-electron chi connectivity index (χ4n) is 3.55. The molecule has 0 amide bonds. The summed E-state index contributed by atoms with van der Waals surface area (Å²) in [5.41, 5.74) is 1.33. The molecule has 2 atom stereocenters. The maximum Gasteiger partial charge on any atom is 0.434 e. The average Bonchev–Trinajstić information content (AvgIpc) is 3.16. The maximum atomic E-state index is 14.8. The summed E-state index contributed by atoms with van der Waals surface area (Å²) in [7, 11) is -4.53. The van der Waals surface area contributed by atoms with Crippen molar-refractivity contribution in [3.63, 3.8) is 0 Å². The number of benzene rings is 2. The van der Waals surface area contributed by atoms with Crippen molar-refractivity contribution in [1.82, 2.24) is 14.9 Å². The first-order valence-corrected chi connectivity index (χ1v) is 11.6. The van der Waals surface area contributed by atoms with Gasteiger partial charge in [-0.1, -0.05) is 24.6 Å². The Bertz CT molecular complexity index is 1400. The summed E-state index contributed by atoms with van der Waals surface area (Å²) in [5, 5.41) is 15.4. The monoisotopic (exact) mass is 497 g/mol. The second-order valence-corrected chi connectivity index (χ2v) is 9.73. The van der Waals surface area contributed by atoms with E-state index in [-0.39, 0.29) is 16.5 Å². The molecule has 0 saturated heterocycles. The fourth-order valence-corrected chi connectivity index (χ4v) is 5.24. The van der Waals surface area contributed by atoms with Gasteiger partial charge in [-0.2, -0.15) is 4.72 Å². The molecule has 3 rings (SSSR count). The van der Waals surface area contributed by atoms with Gasteiger partial charge in [0.25, 0.3) is 0 Å². The molecular weight excluding hydrogens is 477 g/mol. The third kappa shape index (κ3) is 4.85. The lowest BCUT2D eigenvalue weighted by Gasteiger charge is -2.25. The number of aryl methyl sites for hydroxylation is 2. The van der Waals surface area contributed by atoms with Crippen molar-refractivity contribution in [2.75, 3.05) is 0 Å². The molecule has 1 aromatic heterocycles. The van der Waals surface area contributed by atoms with Crippen molar-refractivity contribution in [2.45, 2.75) is 44.6 Å². The van der Waals surface area contributed by atoms with E-state index in [9.17, 15) is 27.5 Å². The van der Waals surface area contributed by atoms with Crippen LogP contribution in [0.2, 0.25) is 5.02 Å². The van der Waals surface area contributed by atoms with Gasteiger partial charge in [-0.05, 0) is 61.2 Å². The largest absolute Gasteiger partial charge is 0.478 e. The summed E-state index contributed by atoms with van der Waals surface area (Å²) in [6.45, 7) is 6.51. The van der Waals surface area contributed by atoms with E-state index in [0.29, 0.717) is 11.1 Å². The highest BCUT2D eigenvalue weighted by Gasteiger charge is 2.35. The molecule has 0 bridgehead atoms. The van der Waals surface area contributed by atoms with Crippen molar-refractivity contribution in [3.05, 3.63) is 79.4 Å². The van der Waals surface area contributed by atoms with Crippen molar-refractivity contribution < 1.29 is 27.1 Å². The first-order valence-electron chi connectivity index (χ1n) is 9.70. The molecule has 0 radical (unpaired) electrons. The fraction of sp³-hybridized carbons (Fsp3) is 0.286. The molecule has 2 aromatic carbocycles. The van der Waals surface area contributed by atoms with Crippen LogP contribution in [0.3, 0.4) is 0 Å². The number of aromatic amines is 1. The lowest BCUT2D eigenvalue weighted by molar-refractivity contribution is 0.0692. The Kier molecular flexibility index (Phi) is 6.78. The van der Waals surface area contributed by atoms with Gasteiger partial charge in [0.05, 0.1) is 10.5 Å². The Labute approximate surface area is 193 Å². The van der Waals surface area contributed by atoms with E-state index in [1.807, 2.05) is 0 Å². The van der Waals surface area contributed by atoms with Crippen LogP contribution in [-0.2, 0) is 10.0 Å². The normalized spacial score (nSPS) is 13.6. The molecule has 2 unspecified atom stereocenters. The number of rotatable bonds is 7. The second kappa shape index (κ2) is 9.08. The molecule has 0 fully saturated rings. The lowest BCUT2D eigenvalue weighted by Crippen LogP contribution is -2.34. The zero-order chi connectivity index (χ0) is 24.7. The molecule has 9 nitrogen and oxygen atoms in total. The lowest BCUT2D eigenvalue weighted by atomic mass is 9.88. The first-order chi connectivity index (χ1) is 15.3. The zero-order valence-electron chi connectivity index (χ0n) is 18.1. The second-order valence-electron chi connectivity index (χ2n) is 7.64. The van der Waals surface area contributed by atoms with Gasteiger partial charge in [-0.15, -0.1) is 5.10 Å². The number of sulfonamides is 1. The number of aromatic nitrogens is 2. The standard InChI is InChI=1S/C21H21ClFN3O6S/c1-9-5-6-15(23)17(11(9)3)12(4)18(19-24-25-21(29)32-19)26-33(30,31)16-7-10(2)14(22)8-13(16)20(27)28/h5-8,12,18,26H,1-4H3,(H,25,29)(H,27,28). The SMILES string of the molecule is Cc1cc(S(=O)(=O)NC(c2n[nH]c(=O)o2)C(C)c2c(F)ccc(C)c2C)c(C(=O)O)cc1Cl. The third-order valence-corrected chi connectivity index (χ3v) is 7.36. The van der Waals surface area contributed by atoms with E-state index < -0.39 is 50.0 Å². The van der Waals surface area contributed by atoms with E-state index in [4.69, 9.17) is 16.0 Å². The van der Waals surface area contributed by atoms with Gasteiger partial charge < -0.3 is 9.52 Å². The van der Waals surface area contributed by atoms with Crippen molar-refractivity contribution in [1.29, 1.82) is 0 Å². The van der Waals surface area contributed by atoms with Crippen molar-refractivity contribution >= 4 is 27.6 Å².